The summed E-state index contributed by atoms with van der Waals surface area (Å²) in [7, 11) is 1.16. The number of nitrogens with zero attached hydrogens (tertiary/aromatic N) is 2. The van der Waals surface area contributed by atoms with Gasteiger partial charge in [0.05, 0.1) is 24.5 Å². The van der Waals surface area contributed by atoms with Gasteiger partial charge in [-0.05, 0) is 18.8 Å². The Morgan fingerprint density at radius 1 is 1.43 bits per heavy atom. The lowest BCUT2D eigenvalue weighted by Crippen LogP contribution is -2.32. The molecule has 0 aromatic carbocycles. The lowest BCUT2D eigenvalue weighted by atomic mass is 9.88. The number of halogens is 3. The van der Waals surface area contributed by atoms with Gasteiger partial charge in [-0.1, -0.05) is 19.8 Å². The van der Waals surface area contributed by atoms with E-state index in [1.165, 1.54) is 6.42 Å². The first-order valence-electron chi connectivity index (χ1n) is 7.79. The van der Waals surface area contributed by atoms with E-state index in [0.29, 0.717) is 17.2 Å². The van der Waals surface area contributed by atoms with E-state index >= 15 is 0 Å². The average molecular weight is 333 g/mol. The molecule has 1 aliphatic rings. The minimum Gasteiger partial charge on any atom is -0.376 e. The van der Waals surface area contributed by atoms with Crippen molar-refractivity contribution in [3.05, 3.63) is 17.5 Å². The summed E-state index contributed by atoms with van der Waals surface area (Å²) in [6.45, 7) is 2.60. The molecule has 0 aliphatic heterocycles. The predicted molar refractivity (Wildman–Crippen MR) is 77.9 cm³/mol. The lowest BCUT2D eigenvalue weighted by molar-refractivity contribution is -0.144. The Balaban J connectivity index is 1.84. The van der Waals surface area contributed by atoms with Crippen molar-refractivity contribution in [2.24, 2.45) is 13.0 Å². The van der Waals surface area contributed by atoms with Crippen molar-refractivity contribution >= 4 is 5.91 Å². The molecule has 1 N–H and O–H groups in total. The Morgan fingerprint density at radius 3 is 2.78 bits per heavy atom. The SMILES string of the molecule is C[C@@H]1CCCC[C@H]1OCCNC(=O)c1cnn(C)c1C(F)(F)F. The quantitative estimate of drug-likeness (QED) is 0.843. The van der Waals surface area contributed by atoms with Crippen molar-refractivity contribution < 1.29 is 22.7 Å². The molecule has 8 heteroatoms. The second kappa shape index (κ2) is 7.33. The number of aryl methyl sites for hydroxylation is 1. The van der Waals surface area contributed by atoms with Crippen molar-refractivity contribution in [1.29, 1.82) is 0 Å². The average Bonchev–Trinajstić information content (AvgIpc) is 2.87. The van der Waals surface area contributed by atoms with Crippen molar-refractivity contribution in [3.63, 3.8) is 0 Å². The third-order valence-electron chi connectivity index (χ3n) is 4.20. The molecule has 2 atom stereocenters. The zero-order chi connectivity index (χ0) is 17.0. The normalized spacial score (nSPS) is 22.1. The van der Waals surface area contributed by atoms with Crippen LogP contribution in [0.5, 0.6) is 0 Å². The summed E-state index contributed by atoms with van der Waals surface area (Å²) in [5.41, 5.74) is -1.51. The van der Waals surface area contributed by atoms with Crippen LogP contribution in [0.15, 0.2) is 6.20 Å². The Labute approximate surface area is 133 Å². The molecule has 130 valence electrons. The fourth-order valence-corrected chi connectivity index (χ4v) is 2.94. The number of rotatable bonds is 5. The standard InChI is InChI=1S/C15H22F3N3O2/c1-10-5-3-4-6-12(10)23-8-7-19-14(22)11-9-20-21(2)13(11)15(16,17)18/h9-10,12H,3-8H2,1-2H3,(H,19,22)/t10-,12-/m1/s1. The number of alkyl halides is 3. The number of ether oxygens (including phenoxy) is 1. The van der Waals surface area contributed by atoms with Crippen LogP contribution in [0.3, 0.4) is 0 Å². The highest BCUT2D eigenvalue weighted by Crippen LogP contribution is 2.31. The van der Waals surface area contributed by atoms with Crippen LogP contribution in [0.1, 0.15) is 48.7 Å². The van der Waals surface area contributed by atoms with Gasteiger partial charge < -0.3 is 10.1 Å². The van der Waals surface area contributed by atoms with Gasteiger partial charge in [-0.15, -0.1) is 0 Å². The molecular formula is C15H22F3N3O2. The molecule has 1 saturated carbocycles. The van der Waals surface area contributed by atoms with Gasteiger partial charge >= 0.3 is 6.18 Å². The second-order valence-electron chi connectivity index (χ2n) is 5.96. The van der Waals surface area contributed by atoms with Crippen LogP contribution < -0.4 is 5.32 Å². The van der Waals surface area contributed by atoms with E-state index < -0.39 is 23.3 Å². The lowest BCUT2D eigenvalue weighted by Gasteiger charge is -2.28. The number of aromatic nitrogens is 2. The van der Waals surface area contributed by atoms with E-state index in [9.17, 15) is 18.0 Å². The van der Waals surface area contributed by atoms with Crippen molar-refractivity contribution in [2.45, 2.75) is 44.9 Å². The Kier molecular flexibility index (Phi) is 5.67. The van der Waals surface area contributed by atoms with E-state index in [0.717, 1.165) is 32.5 Å². The number of nitrogens with one attached hydrogen (secondary N) is 1. The fraction of sp³-hybridized carbons (Fsp3) is 0.733. The number of hydrogen-bond donors (Lipinski definition) is 1. The first-order valence-corrected chi connectivity index (χ1v) is 7.79. The van der Waals surface area contributed by atoms with E-state index in [-0.39, 0.29) is 12.6 Å². The molecule has 0 unspecified atom stereocenters. The number of hydrogen-bond acceptors (Lipinski definition) is 3. The molecule has 0 saturated heterocycles. The largest absolute Gasteiger partial charge is 0.433 e. The molecule has 23 heavy (non-hydrogen) atoms. The van der Waals surface area contributed by atoms with Crippen LogP contribution in [0, 0.1) is 5.92 Å². The minimum absolute atomic E-state index is 0.171. The molecule has 0 bridgehead atoms. The molecule has 2 rings (SSSR count). The summed E-state index contributed by atoms with van der Waals surface area (Å²) in [6.07, 6.45) is 0.946. The summed E-state index contributed by atoms with van der Waals surface area (Å²) in [5.74, 6) is -0.305. The molecule has 0 radical (unpaired) electrons. The Hall–Kier alpha value is -1.57. The van der Waals surface area contributed by atoms with Crippen LogP contribution in [-0.4, -0.2) is 34.9 Å². The van der Waals surface area contributed by atoms with E-state index in [2.05, 4.69) is 17.3 Å². The zero-order valence-electron chi connectivity index (χ0n) is 13.3. The maximum atomic E-state index is 12.9. The van der Waals surface area contributed by atoms with Gasteiger partial charge in [0.2, 0.25) is 0 Å². The number of carbonyl (C=O) groups is 1. The minimum atomic E-state index is -4.62. The summed E-state index contributed by atoms with van der Waals surface area (Å²) in [6, 6.07) is 0. The maximum Gasteiger partial charge on any atom is 0.433 e. The van der Waals surface area contributed by atoms with E-state index in [4.69, 9.17) is 4.74 Å². The summed E-state index contributed by atoms with van der Waals surface area (Å²) < 4.78 is 45.1. The van der Waals surface area contributed by atoms with E-state index in [1.54, 1.807) is 0 Å². The van der Waals surface area contributed by atoms with Crippen molar-refractivity contribution in [1.82, 2.24) is 15.1 Å². The number of amides is 1. The smallest absolute Gasteiger partial charge is 0.376 e. The molecule has 1 aliphatic carbocycles. The Morgan fingerprint density at radius 2 is 2.13 bits per heavy atom. The Bertz CT molecular complexity index is 543. The van der Waals surface area contributed by atoms with Gasteiger partial charge in [-0.3, -0.25) is 9.48 Å². The topological polar surface area (TPSA) is 56.1 Å². The molecule has 1 amide bonds. The van der Waals surface area contributed by atoms with Gasteiger partial charge in [0.15, 0.2) is 5.69 Å². The van der Waals surface area contributed by atoms with Crippen LogP contribution >= 0.6 is 0 Å². The third kappa shape index (κ3) is 4.46. The first kappa shape index (κ1) is 17.8. The molecule has 0 spiro atoms. The molecule has 1 aromatic rings. The van der Waals surface area contributed by atoms with Crippen LogP contribution in [0.25, 0.3) is 0 Å². The molecule has 1 fully saturated rings. The van der Waals surface area contributed by atoms with Gasteiger partial charge in [0.25, 0.3) is 5.91 Å². The number of carbonyl (C=O) groups excluding carboxylic acids is 1. The van der Waals surface area contributed by atoms with Gasteiger partial charge in [0, 0.05) is 13.6 Å². The monoisotopic (exact) mass is 333 g/mol. The fourth-order valence-electron chi connectivity index (χ4n) is 2.94. The summed E-state index contributed by atoms with van der Waals surface area (Å²) in [5, 5.41) is 5.98. The zero-order valence-corrected chi connectivity index (χ0v) is 13.3. The molecule has 1 heterocycles. The van der Waals surface area contributed by atoms with Crippen LogP contribution in [0.2, 0.25) is 0 Å². The van der Waals surface area contributed by atoms with E-state index in [1.807, 2.05) is 0 Å². The van der Waals surface area contributed by atoms with Gasteiger partial charge in [-0.2, -0.15) is 18.3 Å². The third-order valence-corrected chi connectivity index (χ3v) is 4.20. The molecular weight excluding hydrogens is 311 g/mol. The highest BCUT2D eigenvalue weighted by atomic mass is 19.4. The maximum absolute atomic E-state index is 12.9. The summed E-state index contributed by atoms with van der Waals surface area (Å²) >= 11 is 0. The first-order chi connectivity index (χ1) is 10.8. The highest BCUT2D eigenvalue weighted by molar-refractivity contribution is 5.95. The summed E-state index contributed by atoms with van der Waals surface area (Å²) in [4.78, 5) is 11.9. The predicted octanol–water partition coefficient (Wildman–Crippen LogP) is 2.76. The molecule has 5 nitrogen and oxygen atoms in total. The van der Waals surface area contributed by atoms with Gasteiger partial charge in [0.1, 0.15) is 0 Å². The highest BCUT2D eigenvalue weighted by Gasteiger charge is 2.39. The van der Waals surface area contributed by atoms with Crippen LogP contribution in [-0.2, 0) is 18.0 Å². The van der Waals surface area contributed by atoms with Crippen LogP contribution in [0.4, 0.5) is 13.2 Å². The van der Waals surface area contributed by atoms with Crippen molar-refractivity contribution in [3.8, 4) is 0 Å². The van der Waals surface area contributed by atoms with Crippen molar-refractivity contribution in [2.75, 3.05) is 13.2 Å². The van der Waals surface area contributed by atoms with Gasteiger partial charge in [-0.25, -0.2) is 0 Å². The molecule has 1 aromatic heterocycles. The second-order valence-corrected chi connectivity index (χ2v) is 5.96.